The van der Waals surface area contributed by atoms with E-state index in [4.69, 9.17) is 24.1 Å². The summed E-state index contributed by atoms with van der Waals surface area (Å²) in [5.41, 5.74) is 0. The molecule has 0 aliphatic carbocycles. The highest BCUT2D eigenvalue weighted by Crippen LogP contribution is 2.29. The monoisotopic (exact) mass is 340 g/mol. The lowest BCUT2D eigenvalue weighted by Gasteiger charge is -2.45. The Morgan fingerprint density at radius 1 is 0.826 bits per heavy atom. The van der Waals surface area contributed by atoms with Crippen molar-refractivity contribution in [3.63, 3.8) is 0 Å². The lowest BCUT2D eigenvalue weighted by Crippen LogP contribution is -2.64. The summed E-state index contributed by atoms with van der Waals surface area (Å²) in [7, 11) is 1.31. The fourth-order valence-corrected chi connectivity index (χ4v) is 2.69. The third-order valence-electron chi connectivity index (χ3n) is 4.15. The second kappa shape index (κ2) is 7.66. The largest absolute Gasteiger partial charge is 0.394 e. The average Bonchev–Trinajstić information content (AvgIpc) is 2.54. The van der Waals surface area contributed by atoms with Gasteiger partial charge in [-0.2, -0.15) is 0 Å². The van der Waals surface area contributed by atoms with Crippen molar-refractivity contribution in [3.05, 3.63) is 0 Å². The molecule has 10 atom stereocenters. The molecule has 0 aromatic heterocycles. The number of aliphatic hydroxyl groups is 6. The van der Waals surface area contributed by atoms with E-state index in [1.165, 1.54) is 7.11 Å². The van der Waals surface area contributed by atoms with Crippen LogP contribution >= 0.6 is 0 Å². The van der Waals surface area contributed by atoms with E-state index in [-0.39, 0.29) is 0 Å². The van der Waals surface area contributed by atoms with Crippen LogP contribution in [-0.4, -0.2) is 106 Å². The van der Waals surface area contributed by atoms with Gasteiger partial charge in [-0.25, -0.2) is 0 Å². The van der Waals surface area contributed by atoms with Crippen molar-refractivity contribution in [2.45, 2.75) is 68.3 Å². The van der Waals surface area contributed by atoms with Crippen LogP contribution in [0.5, 0.6) is 0 Å². The lowest BCUT2D eigenvalue weighted by molar-refractivity contribution is -0.355. The van der Waals surface area contributed by atoms with Crippen molar-refractivity contribution < 1.29 is 49.6 Å². The van der Waals surface area contributed by atoms with Crippen LogP contribution in [0.25, 0.3) is 0 Å². The molecule has 2 saturated heterocycles. The maximum absolute atomic E-state index is 10.1. The molecule has 136 valence electrons. The van der Waals surface area contributed by atoms with Crippen molar-refractivity contribution in [3.8, 4) is 0 Å². The minimum Gasteiger partial charge on any atom is -0.394 e. The number of aliphatic hydroxyl groups excluding tert-OH is 6. The molecule has 10 nitrogen and oxygen atoms in total. The highest BCUT2D eigenvalue weighted by Gasteiger charge is 2.49. The first kappa shape index (κ1) is 18.9. The Kier molecular flexibility index (Phi) is 6.30. The first-order valence-electron chi connectivity index (χ1n) is 7.32. The predicted octanol–water partition coefficient (Wildman–Crippen LogP) is -3.72. The van der Waals surface area contributed by atoms with Gasteiger partial charge in [0.15, 0.2) is 12.6 Å². The molecule has 23 heavy (non-hydrogen) atoms. The molecule has 2 heterocycles. The molecule has 0 saturated carbocycles. The lowest BCUT2D eigenvalue weighted by atomic mass is 9.97. The van der Waals surface area contributed by atoms with E-state index in [1.54, 1.807) is 6.92 Å². The van der Waals surface area contributed by atoms with Gasteiger partial charge in [-0.05, 0) is 6.92 Å². The molecule has 4 unspecified atom stereocenters. The second-order valence-corrected chi connectivity index (χ2v) is 5.72. The van der Waals surface area contributed by atoms with Gasteiger partial charge in [0.2, 0.25) is 0 Å². The van der Waals surface area contributed by atoms with Crippen molar-refractivity contribution in [2.75, 3.05) is 13.7 Å². The minimum atomic E-state index is -1.63. The molecule has 2 fully saturated rings. The van der Waals surface area contributed by atoms with Gasteiger partial charge in [-0.15, -0.1) is 0 Å². The molecule has 0 bridgehead atoms. The van der Waals surface area contributed by atoms with Crippen molar-refractivity contribution in [2.24, 2.45) is 0 Å². The third-order valence-corrected chi connectivity index (χ3v) is 4.15. The summed E-state index contributed by atoms with van der Waals surface area (Å²) >= 11 is 0. The highest BCUT2D eigenvalue weighted by atomic mass is 16.7. The molecule has 2 rings (SSSR count). The van der Waals surface area contributed by atoms with Crippen LogP contribution in [0.15, 0.2) is 0 Å². The van der Waals surface area contributed by atoms with Crippen LogP contribution in [0.2, 0.25) is 0 Å². The van der Waals surface area contributed by atoms with Crippen LogP contribution in [0.3, 0.4) is 0 Å². The van der Waals surface area contributed by atoms with Crippen LogP contribution in [0, 0.1) is 0 Å². The second-order valence-electron chi connectivity index (χ2n) is 5.72. The van der Waals surface area contributed by atoms with Crippen molar-refractivity contribution in [1.82, 2.24) is 0 Å². The van der Waals surface area contributed by atoms with Gasteiger partial charge in [0.25, 0.3) is 0 Å². The summed E-state index contributed by atoms with van der Waals surface area (Å²) in [5.74, 6) is 0. The standard InChI is InChI=1S/C13H24O10/c1-4-6(15)11(10(19)12(20-2)21-4)23-13-9(18)8(17)7(16)5(3-14)22-13/h4-19H,3H2,1-2H3/t4?,5-,6+,7-,8?,9?,10?,11-,12-,13-/m1/s1. The van der Waals surface area contributed by atoms with Gasteiger partial charge < -0.3 is 49.6 Å². The highest BCUT2D eigenvalue weighted by molar-refractivity contribution is 4.93. The summed E-state index contributed by atoms with van der Waals surface area (Å²) in [6.07, 6.45) is -13.0. The fourth-order valence-electron chi connectivity index (χ4n) is 2.69. The van der Waals surface area contributed by atoms with Gasteiger partial charge in [0, 0.05) is 7.11 Å². The maximum atomic E-state index is 10.1. The number of hydrogen-bond acceptors (Lipinski definition) is 10. The van der Waals surface area contributed by atoms with Crippen LogP contribution in [0.1, 0.15) is 6.92 Å². The number of hydrogen-bond donors (Lipinski definition) is 6. The third kappa shape index (κ3) is 3.66. The van der Waals surface area contributed by atoms with Crippen LogP contribution < -0.4 is 0 Å². The normalized spacial score (nSPS) is 51.7. The Hall–Kier alpha value is -0.400. The van der Waals surface area contributed by atoms with Gasteiger partial charge >= 0.3 is 0 Å². The van der Waals surface area contributed by atoms with E-state index in [2.05, 4.69) is 0 Å². The van der Waals surface area contributed by atoms with E-state index in [0.29, 0.717) is 0 Å². The molecule has 0 amide bonds. The topological polar surface area (TPSA) is 158 Å². The smallest absolute Gasteiger partial charge is 0.187 e. The molecule has 6 N–H and O–H groups in total. The number of ether oxygens (including phenoxy) is 4. The quantitative estimate of drug-likeness (QED) is 0.300. The first-order chi connectivity index (χ1) is 10.8. The Bertz CT molecular complexity index is 380. The van der Waals surface area contributed by atoms with Crippen LogP contribution in [0.4, 0.5) is 0 Å². The summed E-state index contributed by atoms with van der Waals surface area (Å²) in [5, 5.41) is 58.8. The van der Waals surface area contributed by atoms with E-state index in [1.807, 2.05) is 0 Å². The molecule has 0 aromatic carbocycles. The van der Waals surface area contributed by atoms with E-state index < -0.39 is 68.0 Å². The predicted molar refractivity (Wildman–Crippen MR) is 72.0 cm³/mol. The summed E-state index contributed by atoms with van der Waals surface area (Å²) in [4.78, 5) is 0. The van der Waals surface area contributed by atoms with Crippen molar-refractivity contribution >= 4 is 0 Å². The molecule has 0 spiro atoms. The summed E-state index contributed by atoms with van der Waals surface area (Å²) in [6.45, 7) is 0.938. The SMILES string of the molecule is CO[C@@H]1OC(C)[C@H](O)[C@@H](O[C@H]2O[C@H](CO)[C@@H](O)C(O)C2O)C1O. The first-order valence-corrected chi connectivity index (χ1v) is 7.32. The molecule has 2 aliphatic heterocycles. The van der Waals surface area contributed by atoms with E-state index in [9.17, 15) is 25.5 Å². The van der Waals surface area contributed by atoms with E-state index >= 15 is 0 Å². The molecular formula is C13H24O10. The summed E-state index contributed by atoms with van der Waals surface area (Å²) in [6, 6.07) is 0. The molecule has 2 aliphatic rings. The Balaban J connectivity index is 2.11. The average molecular weight is 340 g/mol. The Labute approximate surface area is 132 Å². The van der Waals surface area contributed by atoms with E-state index in [0.717, 1.165) is 0 Å². The van der Waals surface area contributed by atoms with Gasteiger partial charge in [0.05, 0.1) is 12.7 Å². The van der Waals surface area contributed by atoms with Crippen molar-refractivity contribution in [1.29, 1.82) is 0 Å². The fraction of sp³-hybridized carbons (Fsp3) is 1.00. The number of rotatable bonds is 4. The molecule has 0 aromatic rings. The number of methoxy groups -OCH3 is 1. The Morgan fingerprint density at radius 2 is 1.48 bits per heavy atom. The van der Waals surface area contributed by atoms with Gasteiger partial charge in [-0.3, -0.25) is 0 Å². The zero-order chi connectivity index (χ0) is 17.3. The van der Waals surface area contributed by atoms with Crippen LogP contribution in [-0.2, 0) is 18.9 Å². The van der Waals surface area contributed by atoms with Gasteiger partial charge in [-0.1, -0.05) is 0 Å². The summed E-state index contributed by atoms with van der Waals surface area (Å²) < 4.78 is 20.8. The molecule has 0 radical (unpaired) electrons. The zero-order valence-electron chi connectivity index (χ0n) is 12.8. The zero-order valence-corrected chi connectivity index (χ0v) is 12.8. The minimum absolute atomic E-state index is 0.610. The molecular weight excluding hydrogens is 316 g/mol. The van der Waals surface area contributed by atoms with Gasteiger partial charge in [0.1, 0.15) is 42.7 Å². The molecule has 10 heteroatoms. The maximum Gasteiger partial charge on any atom is 0.187 e. The Morgan fingerprint density at radius 3 is 2.04 bits per heavy atom.